The number of hydrogen-bond donors (Lipinski definition) is 2. The molecule has 2 aliphatic rings. The molecule has 0 aliphatic carbocycles. The fourth-order valence-electron chi connectivity index (χ4n) is 5.96. The Labute approximate surface area is 276 Å². The van der Waals surface area contributed by atoms with Crippen molar-refractivity contribution in [2.75, 3.05) is 36.5 Å². The first-order chi connectivity index (χ1) is 22.4. The molecule has 2 fully saturated rings. The molecule has 3 heterocycles. The van der Waals surface area contributed by atoms with Crippen LogP contribution in [0.25, 0.3) is 22.4 Å². The van der Waals surface area contributed by atoms with Crippen LogP contribution in [0.2, 0.25) is 0 Å². The second-order valence-electron chi connectivity index (χ2n) is 13.2. The summed E-state index contributed by atoms with van der Waals surface area (Å²) in [6, 6.07) is 23.2. The molecule has 1 atom stereocenters. The predicted molar refractivity (Wildman–Crippen MR) is 183 cm³/mol. The van der Waals surface area contributed by atoms with E-state index in [1.807, 2.05) is 93.6 Å². The summed E-state index contributed by atoms with van der Waals surface area (Å²) in [5.41, 5.74) is 5.66. The van der Waals surface area contributed by atoms with Crippen LogP contribution >= 0.6 is 0 Å². The van der Waals surface area contributed by atoms with Gasteiger partial charge in [-0.1, -0.05) is 48.5 Å². The molecule has 6 rings (SSSR count). The van der Waals surface area contributed by atoms with Crippen molar-refractivity contribution in [3.05, 3.63) is 95.9 Å². The average molecular weight is 656 g/mol. The summed E-state index contributed by atoms with van der Waals surface area (Å²) in [5, 5.41) is 2.96. The second kappa shape index (κ2) is 13.3. The first kappa shape index (κ1) is 32.5. The number of carbonyl (C=O) groups is 2. The zero-order valence-electron chi connectivity index (χ0n) is 27.0. The third-order valence-corrected chi connectivity index (χ3v) is 10.1. The molecule has 2 saturated heterocycles. The number of amides is 2. The van der Waals surface area contributed by atoms with Gasteiger partial charge in [-0.05, 0) is 80.1 Å². The van der Waals surface area contributed by atoms with Crippen LogP contribution in [0.15, 0.2) is 79.0 Å². The maximum Gasteiger partial charge on any atom is 0.410 e. The van der Waals surface area contributed by atoms with Crippen molar-refractivity contribution >= 4 is 27.5 Å². The van der Waals surface area contributed by atoms with Gasteiger partial charge >= 0.3 is 6.09 Å². The molecule has 4 aromatic rings. The van der Waals surface area contributed by atoms with Gasteiger partial charge in [0.15, 0.2) is 9.84 Å². The Morgan fingerprint density at radius 3 is 2.15 bits per heavy atom. The van der Waals surface area contributed by atoms with Gasteiger partial charge in [0, 0.05) is 37.4 Å². The topological polar surface area (TPSA) is 125 Å². The molecule has 0 radical (unpaired) electrons. The molecule has 3 aromatic carbocycles. The summed E-state index contributed by atoms with van der Waals surface area (Å²) >= 11 is 0. The van der Waals surface area contributed by atoms with E-state index in [2.05, 4.69) is 20.2 Å². The van der Waals surface area contributed by atoms with Crippen molar-refractivity contribution in [3.8, 4) is 22.4 Å². The Morgan fingerprint density at radius 1 is 0.894 bits per heavy atom. The highest BCUT2D eigenvalue weighted by Gasteiger charge is 2.34. The smallest absolute Gasteiger partial charge is 0.410 e. The first-order valence-corrected chi connectivity index (χ1v) is 17.8. The summed E-state index contributed by atoms with van der Waals surface area (Å²) in [6.07, 6.45) is 3.23. The van der Waals surface area contributed by atoms with Gasteiger partial charge in [0.25, 0.3) is 5.91 Å². The van der Waals surface area contributed by atoms with Crippen LogP contribution in [0.5, 0.6) is 0 Å². The van der Waals surface area contributed by atoms with Crippen LogP contribution in [-0.2, 0) is 21.1 Å². The molecule has 0 bridgehead atoms. The van der Waals surface area contributed by atoms with Crippen molar-refractivity contribution < 1.29 is 22.7 Å². The minimum absolute atomic E-state index is 0.137. The van der Waals surface area contributed by atoms with Crippen LogP contribution in [0.3, 0.4) is 0 Å². The first-order valence-electron chi connectivity index (χ1n) is 16.0. The lowest BCUT2D eigenvalue weighted by atomic mass is 10.0. The molecule has 1 aromatic heterocycles. The maximum absolute atomic E-state index is 12.9. The zero-order chi connectivity index (χ0) is 33.2. The lowest BCUT2D eigenvalue weighted by Crippen LogP contribution is -2.39. The number of rotatable bonds is 7. The molecule has 2 N–H and O–H groups in total. The third-order valence-electron chi connectivity index (χ3n) is 8.52. The summed E-state index contributed by atoms with van der Waals surface area (Å²) in [5.74, 6) is 0.977. The van der Waals surface area contributed by atoms with Gasteiger partial charge in [0.2, 0.25) is 0 Å². The minimum atomic E-state index is -2.90. The quantitative estimate of drug-likeness (QED) is 0.240. The van der Waals surface area contributed by atoms with Crippen molar-refractivity contribution in [2.45, 2.75) is 51.8 Å². The summed E-state index contributed by atoms with van der Waals surface area (Å²) in [6.45, 7) is 8.04. The maximum atomic E-state index is 12.9. The Bertz CT molecular complexity index is 1810. The molecular formula is C36H41N5O5S. The summed E-state index contributed by atoms with van der Waals surface area (Å²) in [4.78, 5) is 37.6. The van der Waals surface area contributed by atoms with Gasteiger partial charge < -0.3 is 15.0 Å². The van der Waals surface area contributed by atoms with E-state index in [0.29, 0.717) is 37.4 Å². The monoisotopic (exact) mass is 655 g/mol. The van der Waals surface area contributed by atoms with Crippen LogP contribution in [-0.4, -0.2) is 76.9 Å². The third kappa shape index (κ3) is 8.09. The van der Waals surface area contributed by atoms with Gasteiger partial charge in [0.05, 0.1) is 29.4 Å². The van der Waals surface area contributed by atoms with Crippen molar-refractivity contribution in [1.82, 2.24) is 19.8 Å². The number of ether oxygens (including phenoxy) is 1. The van der Waals surface area contributed by atoms with E-state index in [-0.39, 0.29) is 29.5 Å². The summed E-state index contributed by atoms with van der Waals surface area (Å²) in [7, 11) is -2.90. The van der Waals surface area contributed by atoms with Crippen LogP contribution in [0, 0.1) is 0 Å². The number of nitrogens with one attached hydrogen (secondary N) is 2. The Morgan fingerprint density at radius 2 is 1.51 bits per heavy atom. The SMILES string of the molecule is CC(C)(C)OC(=O)N1CCCC1c1ncc(-c2ccc(-c3ccc(C(=O)Nc4ccc(CN5CCS(=O)(=O)CC5)cc4)cc3)cc2)[nH]1. The number of aromatic amines is 1. The highest BCUT2D eigenvalue weighted by Crippen LogP contribution is 2.33. The molecular weight excluding hydrogens is 614 g/mol. The lowest BCUT2D eigenvalue weighted by molar-refractivity contribution is 0.0218. The highest BCUT2D eigenvalue weighted by atomic mass is 32.2. The van der Waals surface area contributed by atoms with E-state index in [4.69, 9.17) is 4.74 Å². The number of hydrogen-bond acceptors (Lipinski definition) is 7. The number of benzene rings is 3. The van der Waals surface area contributed by atoms with Gasteiger partial charge in [0.1, 0.15) is 11.4 Å². The number of H-pyrrole nitrogens is 1. The second-order valence-corrected chi connectivity index (χ2v) is 15.6. The molecule has 2 amide bonds. The number of aromatic nitrogens is 2. The summed E-state index contributed by atoms with van der Waals surface area (Å²) < 4.78 is 28.9. The molecule has 2 aliphatic heterocycles. The van der Waals surface area contributed by atoms with E-state index < -0.39 is 15.4 Å². The molecule has 246 valence electrons. The molecule has 0 saturated carbocycles. The van der Waals surface area contributed by atoms with E-state index in [9.17, 15) is 18.0 Å². The molecule has 11 heteroatoms. The Kier molecular flexibility index (Phi) is 9.20. The minimum Gasteiger partial charge on any atom is -0.444 e. The van der Waals surface area contributed by atoms with E-state index in [1.54, 1.807) is 11.1 Å². The van der Waals surface area contributed by atoms with Crippen molar-refractivity contribution in [2.24, 2.45) is 0 Å². The van der Waals surface area contributed by atoms with Crippen LogP contribution in [0.4, 0.5) is 10.5 Å². The number of nitrogens with zero attached hydrogens (tertiary/aromatic N) is 3. The molecule has 10 nitrogen and oxygen atoms in total. The van der Waals surface area contributed by atoms with Crippen molar-refractivity contribution in [1.29, 1.82) is 0 Å². The van der Waals surface area contributed by atoms with Crippen molar-refractivity contribution in [3.63, 3.8) is 0 Å². The lowest BCUT2D eigenvalue weighted by Gasteiger charge is -2.27. The van der Waals surface area contributed by atoms with Crippen LogP contribution < -0.4 is 5.32 Å². The number of likely N-dealkylation sites (tertiary alicyclic amines) is 1. The van der Waals surface area contributed by atoms with E-state index in [0.717, 1.165) is 46.6 Å². The number of carbonyl (C=O) groups excluding carboxylic acids is 2. The number of imidazole rings is 1. The Balaban J connectivity index is 1.04. The molecule has 1 unspecified atom stereocenters. The van der Waals surface area contributed by atoms with E-state index in [1.165, 1.54) is 0 Å². The van der Waals surface area contributed by atoms with E-state index >= 15 is 0 Å². The van der Waals surface area contributed by atoms with Crippen LogP contribution in [0.1, 0.15) is 61.4 Å². The zero-order valence-corrected chi connectivity index (χ0v) is 27.8. The fourth-order valence-corrected chi connectivity index (χ4v) is 7.24. The Hall–Kier alpha value is -4.48. The predicted octanol–water partition coefficient (Wildman–Crippen LogP) is 6.30. The van der Waals surface area contributed by atoms with Gasteiger partial charge in [-0.3, -0.25) is 14.6 Å². The molecule has 47 heavy (non-hydrogen) atoms. The average Bonchev–Trinajstić information content (AvgIpc) is 3.73. The van der Waals surface area contributed by atoms with Gasteiger partial charge in [-0.25, -0.2) is 18.2 Å². The number of sulfone groups is 1. The highest BCUT2D eigenvalue weighted by molar-refractivity contribution is 7.91. The normalized spacial score (nSPS) is 18.2. The standard InChI is InChI=1S/C36H41N5O5S/c1-36(2,3)46-35(43)41-18-4-5-32(41)33-37-23-31(39-33)28-12-8-26(9-13-28)27-10-14-29(15-11-27)34(42)38-30-16-6-25(7-17-30)24-40-19-21-47(44,45)22-20-40/h6-17,23,32H,4-5,18-22,24H2,1-3H3,(H,37,39)(H,38,42). The largest absolute Gasteiger partial charge is 0.444 e. The van der Waals surface area contributed by atoms with Gasteiger partial charge in [-0.2, -0.15) is 0 Å². The van der Waals surface area contributed by atoms with Gasteiger partial charge in [-0.15, -0.1) is 0 Å². The number of anilines is 1. The molecule has 0 spiro atoms. The fraction of sp³-hybridized carbons (Fsp3) is 0.361.